The van der Waals surface area contributed by atoms with Gasteiger partial charge in [0.1, 0.15) is 0 Å². The number of hydrogen-bond donors (Lipinski definition) is 0. The molecule has 7 heteroatoms. The van der Waals surface area contributed by atoms with Crippen LogP contribution in [0, 0.1) is 10.1 Å². The number of carbonyl (C=O) groups is 2. The lowest BCUT2D eigenvalue weighted by Crippen LogP contribution is -2.41. The molecule has 0 bridgehead atoms. The summed E-state index contributed by atoms with van der Waals surface area (Å²) in [6.45, 7) is 1.82. The average molecular weight is 249 g/mol. The van der Waals surface area contributed by atoms with E-state index in [2.05, 4.69) is 5.32 Å². The second-order valence-corrected chi connectivity index (χ2v) is 3.61. The lowest BCUT2D eigenvalue weighted by Gasteiger charge is -2.20. The predicted molar refractivity (Wildman–Crippen MR) is 59.6 cm³/mol. The molecule has 1 aromatic rings. The van der Waals surface area contributed by atoms with Gasteiger partial charge in [-0.25, -0.2) is 5.32 Å². The second-order valence-electron chi connectivity index (χ2n) is 3.61. The van der Waals surface area contributed by atoms with E-state index in [9.17, 15) is 19.7 Å². The van der Waals surface area contributed by atoms with Gasteiger partial charge in [-0.3, -0.25) is 19.7 Å². The quantitative estimate of drug-likeness (QED) is 0.451. The first-order valence-electron chi connectivity index (χ1n) is 5.24. The normalized spacial score (nSPS) is 18.2. The van der Waals surface area contributed by atoms with Crippen LogP contribution in [0.4, 0.5) is 11.4 Å². The van der Waals surface area contributed by atoms with Gasteiger partial charge in [0.2, 0.25) is 11.9 Å². The van der Waals surface area contributed by atoms with E-state index >= 15 is 0 Å². The fourth-order valence-corrected chi connectivity index (χ4v) is 1.68. The molecule has 1 aromatic carbocycles. The van der Waals surface area contributed by atoms with Crippen molar-refractivity contribution in [3.05, 3.63) is 33.9 Å². The number of benzene rings is 1. The van der Waals surface area contributed by atoms with E-state index < -0.39 is 22.7 Å². The van der Waals surface area contributed by atoms with Crippen LogP contribution in [0.2, 0.25) is 0 Å². The molecule has 1 heterocycles. The van der Waals surface area contributed by atoms with Crippen LogP contribution < -0.4 is 5.32 Å². The topological polar surface area (TPSA) is 101 Å². The number of ketones is 1. The molecule has 1 amide bonds. The fourth-order valence-electron chi connectivity index (χ4n) is 1.68. The third kappa shape index (κ3) is 1.95. The SMILES string of the molecule is CCOC1C(=O)[N]c2ccc([N+](=O)[O-])cc2C1=O. The van der Waals surface area contributed by atoms with E-state index in [1.807, 2.05) is 0 Å². The molecule has 0 saturated heterocycles. The molecule has 0 spiro atoms. The summed E-state index contributed by atoms with van der Waals surface area (Å²) in [4.78, 5) is 33.5. The Balaban J connectivity index is 2.45. The molecule has 7 nitrogen and oxygen atoms in total. The molecule has 0 aromatic heterocycles. The summed E-state index contributed by atoms with van der Waals surface area (Å²) < 4.78 is 5.00. The van der Waals surface area contributed by atoms with Crippen molar-refractivity contribution in [2.24, 2.45) is 0 Å². The molecule has 2 rings (SSSR count). The van der Waals surface area contributed by atoms with Crippen molar-refractivity contribution in [3.63, 3.8) is 0 Å². The Morgan fingerprint density at radius 2 is 2.17 bits per heavy atom. The number of non-ortho nitro benzene ring substituents is 1. The Morgan fingerprint density at radius 3 is 2.78 bits per heavy atom. The zero-order valence-corrected chi connectivity index (χ0v) is 9.45. The van der Waals surface area contributed by atoms with Crippen molar-refractivity contribution >= 4 is 23.1 Å². The molecule has 1 unspecified atom stereocenters. The highest BCUT2D eigenvalue weighted by Gasteiger charge is 2.37. The molecule has 18 heavy (non-hydrogen) atoms. The summed E-state index contributed by atoms with van der Waals surface area (Å²) >= 11 is 0. The van der Waals surface area contributed by atoms with E-state index in [1.165, 1.54) is 12.1 Å². The van der Waals surface area contributed by atoms with Crippen LogP contribution in [-0.4, -0.2) is 29.3 Å². The number of rotatable bonds is 3. The number of nitrogens with zero attached hydrogens (tertiary/aromatic N) is 2. The number of fused-ring (bicyclic) bond motifs is 1. The van der Waals surface area contributed by atoms with E-state index in [0.29, 0.717) is 0 Å². The minimum atomic E-state index is -1.29. The van der Waals surface area contributed by atoms with E-state index in [0.717, 1.165) is 6.07 Å². The molecule has 93 valence electrons. The van der Waals surface area contributed by atoms with Gasteiger partial charge in [-0.15, -0.1) is 0 Å². The van der Waals surface area contributed by atoms with Gasteiger partial charge in [-0.05, 0) is 13.0 Å². The number of ether oxygens (including phenoxy) is 1. The highest BCUT2D eigenvalue weighted by Crippen LogP contribution is 2.27. The maximum atomic E-state index is 12.0. The number of hydrogen-bond acceptors (Lipinski definition) is 5. The summed E-state index contributed by atoms with van der Waals surface area (Å²) in [5, 5.41) is 14.3. The lowest BCUT2D eigenvalue weighted by atomic mass is 9.98. The Morgan fingerprint density at radius 1 is 1.44 bits per heavy atom. The van der Waals surface area contributed by atoms with Crippen LogP contribution in [0.5, 0.6) is 0 Å². The minimum Gasteiger partial charge on any atom is -0.361 e. The van der Waals surface area contributed by atoms with Crippen LogP contribution >= 0.6 is 0 Å². The summed E-state index contributed by atoms with van der Waals surface area (Å²) in [6.07, 6.45) is -1.29. The largest absolute Gasteiger partial charge is 0.361 e. The highest BCUT2D eigenvalue weighted by molar-refractivity contribution is 6.19. The predicted octanol–water partition coefficient (Wildman–Crippen LogP) is 0.959. The number of amides is 1. The number of Topliss-reactive ketones (excluding diaryl/α,β-unsaturated/α-hetero) is 1. The van der Waals surface area contributed by atoms with Gasteiger partial charge in [0, 0.05) is 18.7 Å². The fraction of sp³-hybridized carbons (Fsp3) is 0.273. The zero-order valence-electron chi connectivity index (χ0n) is 9.45. The first-order chi connectivity index (χ1) is 8.54. The molecular formula is C11H9N2O5. The standard InChI is InChI=1S/C11H9N2O5/c1-2-18-10-9(14)7-5-6(13(16)17)3-4-8(7)12-11(10)15/h3-5,10H,2H2,1H3. The van der Waals surface area contributed by atoms with Gasteiger partial charge in [-0.1, -0.05) is 0 Å². The van der Waals surface area contributed by atoms with Crippen molar-refractivity contribution in [2.75, 3.05) is 6.61 Å². The van der Waals surface area contributed by atoms with Gasteiger partial charge in [0.05, 0.1) is 16.2 Å². The van der Waals surface area contributed by atoms with Crippen molar-refractivity contribution in [2.45, 2.75) is 13.0 Å². The monoisotopic (exact) mass is 249 g/mol. The van der Waals surface area contributed by atoms with Crippen LogP contribution in [0.1, 0.15) is 17.3 Å². The van der Waals surface area contributed by atoms with Crippen molar-refractivity contribution in [3.8, 4) is 0 Å². The van der Waals surface area contributed by atoms with Crippen molar-refractivity contribution in [1.82, 2.24) is 5.32 Å². The van der Waals surface area contributed by atoms with Gasteiger partial charge >= 0.3 is 0 Å². The summed E-state index contributed by atoms with van der Waals surface area (Å²) in [7, 11) is 0. The Kier molecular flexibility index (Phi) is 3.07. The summed E-state index contributed by atoms with van der Waals surface area (Å²) in [6, 6.07) is 3.59. The lowest BCUT2D eigenvalue weighted by molar-refractivity contribution is -0.384. The number of carbonyl (C=O) groups excluding carboxylic acids is 2. The molecule has 1 atom stereocenters. The first-order valence-corrected chi connectivity index (χ1v) is 5.24. The molecular weight excluding hydrogens is 240 g/mol. The van der Waals surface area contributed by atoms with Gasteiger partial charge in [0.25, 0.3) is 11.6 Å². The molecule has 0 fully saturated rings. The smallest absolute Gasteiger partial charge is 0.283 e. The minimum absolute atomic E-state index is 0.0438. The third-order valence-electron chi connectivity index (χ3n) is 2.48. The van der Waals surface area contributed by atoms with E-state index in [1.54, 1.807) is 6.92 Å². The second kappa shape index (κ2) is 4.53. The third-order valence-corrected chi connectivity index (χ3v) is 2.48. The van der Waals surface area contributed by atoms with Crippen molar-refractivity contribution in [1.29, 1.82) is 0 Å². The number of nitro benzene ring substituents is 1. The molecule has 1 aliphatic heterocycles. The highest BCUT2D eigenvalue weighted by atomic mass is 16.6. The van der Waals surface area contributed by atoms with E-state index in [-0.39, 0.29) is 23.5 Å². The average Bonchev–Trinajstić information content (AvgIpc) is 2.34. The van der Waals surface area contributed by atoms with Crippen LogP contribution in [0.25, 0.3) is 0 Å². The summed E-state index contributed by atoms with van der Waals surface area (Å²) in [5.41, 5.74) is -0.0318. The van der Waals surface area contributed by atoms with E-state index in [4.69, 9.17) is 4.74 Å². The molecule has 0 N–H and O–H groups in total. The zero-order chi connectivity index (χ0) is 13.3. The number of nitro groups is 1. The van der Waals surface area contributed by atoms with Gasteiger partial charge in [-0.2, -0.15) is 0 Å². The summed E-state index contributed by atoms with van der Waals surface area (Å²) in [5.74, 6) is -1.27. The Hall–Kier alpha value is -2.28. The Labute approximate surface area is 102 Å². The molecule has 0 saturated carbocycles. The first kappa shape index (κ1) is 12.2. The Bertz CT molecular complexity index is 540. The van der Waals surface area contributed by atoms with Gasteiger partial charge in [0.15, 0.2) is 0 Å². The maximum absolute atomic E-state index is 12.0. The molecule has 0 aliphatic carbocycles. The van der Waals surface area contributed by atoms with Crippen LogP contribution in [0.3, 0.4) is 0 Å². The van der Waals surface area contributed by atoms with Crippen molar-refractivity contribution < 1.29 is 19.2 Å². The van der Waals surface area contributed by atoms with Gasteiger partial charge < -0.3 is 4.74 Å². The van der Waals surface area contributed by atoms with Crippen LogP contribution in [-0.2, 0) is 9.53 Å². The van der Waals surface area contributed by atoms with Crippen LogP contribution in [0.15, 0.2) is 18.2 Å². The molecule has 1 aliphatic rings. The maximum Gasteiger partial charge on any atom is 0.283 e. The molecule has 1 radical (unpaired) electrons.